The Morgan fingerprint density at radius 1 is 1.41 bits per heavy atom. The number of hydrogen-bond acceptors (Lipinski definition) is 6. The van der Waals surface area contributed by atoms with Crippen molar-refractivity contribution in [3.05, 3.63) is 39.8 Å². The number of carbonyl (C=O) groups excluding carboxylic acids is 2. The van der Waals surface area contributed by atoms with Gasteiger partial charge >= 0.3 is 12.0 Å². The van der Waals surface area contributed by atoms with Crippen LogP contribution < -0.4 is 10.6 Å². The zero-order chi connectivity index (χ0) is 15.9. The lowest BCUT2D eigenvalue weighted by Gasteiger charge is -2.16. The van der Waals surface area contributed by atoms with Crippen LogP contribution in [0.4, 0.5) is 9.93 Å². The molecule has 1 heterocycles. The smallest absolute Gasteiger partial charge is 0.328 e. The number of esters is 1. The molecule has 0 aliphatic heterocycles. The molecule has 0 spiro atoms. The maximum Gasteiger partial charge on any atom is 0.328 e. The molecule has 1 atom stereocenters. The highest BCUT2D eigenvalue weighted by Gasteiger charge is 2.22. The summed E-state index contributed by atoms with van der Waals surface area (Å²) in [5.74, 6) is -0.520. The van der Waals surface area contributed by atoms with Crippen LogP contribution in [-0.4, -0.2) is 35.3 Å². The van der Waals surface area contributed by atoms with Crippen LogP contribution in [0.15, 0.2) is 30.3 Å². The molecule has 0 saturated carbocycles. The molecule has 3 N–H and O–H groups in total. The number of carbonyl (C=O) groups is 2. The average Bonchev–Trinajstić information content (AvgIpc) is 2.91. The number of H-pyrrole nitrogens is 1. The van der Waals surface area contributed by atoms with E-state index in [0.717, 1.165) is 16.9 Å². The van der Waals surface area contributed by atoms with E-state index in [9.17, 15) is 9.59 Å². The lowest BCUT2D eigenvalue weighted by Crippen LogP contribution is -2.45. The van der Waals surface area contributed by atoms with Crippen molar-refractivity contribution in [2.24, 2.45) is 0 Å². The van der Waals surface area contributed by atoms with Crippen LogP contribution >= 0.6 is 23.6 Å². The fraction of sp³-hybridized carbons (Fsp3) is 0.231. The molecule has 0 fully saturated rings. The summed E-state index contributed by atoms with van der Waals surface area (Å²) in [5, 5.41) is 11.8. The van der Waals surface area contributed by atoms with Crippen molar-refractivity contribution < 1.29 is 14.3 Å². The first-order valence-electron chi connectivity index (χ1n) is 6.33. The van der Waals surface area contributed by atoms with Gasteiger partial charge in [-0.1, -0.05) is 41.7 Å². The second-order valence-electron chi connectivity index (χ2n) is 4.28. The lowest BCUT2D eigenvalue weighted by atomic mass is 10.1. The number of nitrogens with one attached hydrogen (secondary N) is 3. The Morgan fingerprint density at radius 3 is 2.73 bits per heavy atom. The highest BCUT2D eigenvalue weighted by atomic mass is 32.1. The van der Waals surface area contributed by atoms with Gasteiger partial charge in [-0.2, -0.15) is 0 Å². The minimum atomic E-state index is -0.792. The molecule has 0 saturated heterocycles. The van der Waals surface area contributed by atoms with Crippen LogP contribution in [0.25, 0.3) is 0 Å². The molecule has 0 radical (unpaired) electrons. The first-order chi connectivity index (χ1) is 10.6. The number of aromatic nitrogens is 2. The highest BCUT2D eigenvalue weighted by Crippen LogP contribution is 2.11. The van der Waals surface area contributed by atoms with Crippen LogP contribution in [0.1, 0.15) is 5.56 Å². The number of anilines is 1. The summed E-state index contributed by atoms with van der Waals surface area (Å²) in [4.78, 5) is 23.7. The molecule has 1 aromatic carbocycles. The van der Waals surface area contributed by atoms with Gasteiger partial charge in [0.1, 0.15) is 6.04 Å². The normalized spacial score (nSPS) is 11.5. The molecular formula is C13H14N4O3S2. The topological polar surface area (TPSA) is 96.1 Å². The number of urea groups is 1. The van der Waals surface area contributed by atoms with Crippen LogP contribution in [0.2, 0.25) is 0 Å². The van der Waals surface area contributed by atoms with E-state index in [1.807, 2.05) is 30.3 Å². The zero-order valence-electron chi connectivity index (χ0n) is 11.7. The second-order valence-corrected chi connectivity index (χ2v) is 5.95. The zero-order valence-corrected chi connectivity index (χ0v) is 13.3. The van der Waals surface area contributed by atoms with Crippen LogP contribution in [-0.2, 0) is 16.0 Å². The van der Waals surface area contributed by atoms with E-state index in [-0.39, 0.29) is 0 Å². The third-order valence-corrected chi connectivity index (χ3v) is 3.74. The number of methoxy groups -OCH3 is 1. The number of rotatable bonds is 5. The van der Waals surface area contributed by atoms with E-state index in [2.05, 4.69) is 20.8 Å². The minimum absolute atomic E-state index is 0.325. The first kappa shape index (κ1) is 16.1. The third-order valence-electron chi connectivity index (χ3n) is 2.73. The number of ether oxygens (including phenoxy) is 1. The Kier molecular flexibility index (Phi) is 5.61. The largest absolute Gasteiger partial charge is 0.467 e. The number of nitrogens with zero attached hydrogens (tertiary/aromatic N) is 1. The minimum Gasteiger partial charge on any atom is -0.467 e. The van der Waals surface area contributed by atoms with Crippen molar-refractivity contribution in [2.45, 2.75) is 12.5 Å². The van der Waals surface area contributed by atoms with Gasteiger partial charge in [-0.15, -0.1) is 5.10 Å². The standard InChI is InChI=1S/C13H14N4O3S2/c1-20-10(18)9(7-8-5-3-2-4-6-8)14-11(19)15-12-16-17-13(21)22-12/h2-6,9H,7H2,1H3,(H,17,21)(H2,14,15,16,19)/t9-/m0/s1. The van der Waals surface area contributed by atoms with Crippen molar-refractivity contribution in [1.82, 2.24) is 15.5 Å². The Balaban J connectivity index is 2.01. The molecule has 9 heteroatoms. The molecule has 22 heavy (non-hydrogen) atoms. The van der Waals surface area contributed by atoms with Crippen LogP contribution in [0, 0.1) is 3.95 Å². The van der Waals surface area contributed by atoms with Crippen molar-refractivity contribution in [3.63, 3.8) is 0 Å². The number of aromatic amines is 1. The molecule has 7 nitrogen and oxygen atoms in total. The van der Waals surface area contributed by atoms with E-state index in [1.54, 1.807) is 0 Å². The van der Waals surface area contributed by atoms with Crippen molar-refractivity contribution in [1.29, 1.82) is 0 Å². The quantitative estimate of drug-likeness (QED) is 0.573. The first-order valence-corrected chi connectivity index (χ1v) is 7.55. The van der Waals surface area contributed by atoms with Gasteiger partial charge in [0.2, 0.25) is 5.13 Å². The van der Waals surface area contributed by atoms with E-state index in [4.69, 9.17) is 17.0 Å². The van der Waals surface area contributed by atoms with Gasteiger partial charge in [-0.25, -0.2) is 9.59 Å². The molecule has 2 amide bonds. The number of benzene rings is 1. The maximum absolute atomic E-state index is 11.9. The Bertz CT molecular complexity index is 699. The molecule has 0 unspecified atom stereocenters. The Hall–Kier alpha value is -2.26. The van der Waals surface area contributed by atoms with Gasteiger partial charge in [0.15, 0.2) is 3.95 Å². The second kappa shape index (κ2) is 7.66. The molecule has 2 rings (SSSR count). The summed E-state index contributed by atoms with van der Waals surface area (Å²) in [5.41, 5.74) is 0.911. The van der Waals surface area contributed by atoms with Crippen molar-refractivity contribution >= 4 is 40.7 Å². The summed E-state index contributed by atoms with van der Waals surface area (Å²) in [6.07, 6.45) is 0.331. The molecule has 116 valence electrons. The molecule has 0 aliphatic carbocycles. The van der Waals surface area contributed by atoms with Gasteiger partial charge < -0.3 is 10.1 Å². The third kappa shape index (κ3) is 4.64. The van der Waals surface area contributed by atoms with E-state index >= 15 is 0 Å². The van der Waals surface area contributed by atoms with Gasteiger partial charge in [-0.05, 0) is 17.8 Å². The molecule has 1 aromatic heterocycles. The highest BCUT2D eigenvalue weighted by molar-refractivity contribution is 7.73. The van der Waals surface area contributed by atoms with E-state index < -0.39 is 18.0 Å². The van der Waals surface area contributed by atoms with Crippen molar-refractivity contribution in [3.8, 4) is 0 Å². The van der Waals surface area contributed by atoms with Crippen molar-refractivity contribution in [2.75, 3.05) is 12.4 Å². The summed E-state index contributed by atoms with van der Waals surface area (Å²) in [6, 6.07) is 8.00. The average molecular weight is 338 g/mol. The summed E-state index contributed by atoms with van der Waals surface area (Å²) in [6.45, 7) is 0. The molecule has 0 bridgehead atoms. The predicted molar refractivity (Wildman–Crippen MR) is 85.4 cm³/mol. The number of hydrogen-bond donors (Lipinski definition) is 3. The van der Waals surface area contributed by atoms with Gasteiger partial charge in [0, 0.05) is 6.42 Å². The van der Waals surface area contributed by atoms with Gasteiger partial charge in [0.05, 0.1) is 7.11 Å². The number of amides is 2. The molecule has 2 aromatic rings. The fourth-order valence-corrected chi connectivity index (χ4v) is 2.54. The lowest BCUT2D eigenvalue weighted by molar-refractivity contribution is -0.142. The Morgan fingerprint density at radius 2 is 2.14 bits per heavy atom. The van der Waals surface area contributed by atoms with Crippen LogP contribution in [0.3, 0.4) is 0 Å². The summed E-state index contributed by atoms with van der Waals surface area (Å²) in [7, 11) is 1.28. The summed E-state index contributed by atoms with van der Waals surface area (Å²) >= 11 is 6.00. The Labute approximate surface area is 135 Å². The van der Waals surface area contributed by atoms with Crippen LogP contribution in [0.5, 0.6) is 0 Å². The predicted octanol–water partition coefficient (Wildman–Crippen LogP) is 2.11. The summed E-state index contributed by atoms with van der Waals surface area (Å²) < 4.78 is 5.17. The van der Waals surface area contributed by atoms with Gasteiger partial charge in [-0.3, -0.25) is 10.4 Å². The fourth-order valence-electron chi connectivity index (χ4n) is 1.76. The molecular weight excluding hydrogens is 324 g/mol. The van der Waals surface area contributed by atoms with E-state index in [0.29, 0.717) is 15.5 Å². The monoisotopic (exact) mass is 338 g/mol. The SMILES string of the molecule is COC(=O)[C@H](Cc1ccccc1)NC(=O)Nc1n[nH]c(=S)s1. The maximum atomic E-state index is 11.9. The van der Waals surface area contributed by atoms with Gasteiger partial charge in [0.25, 0.3) is 0 Å². The van der Waals surface area contributed by atoms with E-state index in [1.165, 1.54) is 7.11 Å². The molecule has 0 aliphatic rings.